The lowest BCUT2D eigenvalue weighted by molar-refractivity contribution is -0.154. The highest BCUT2D eigenvalue weighted by atomic mass is 35.5. The van der Waals surface area contributed by atoms with E-state index in [0.717, 1.165) is 28.6 Å². The zero-order valence-corrected chi connectivity index (χ0v) is 17.5. The number of allylic oxidation sites excluding steroid dienone is 2. The number of amides is 3. The van der Waals surface area contributed by atoms with Crippen molar-refractivity contribution in [3.8, 4) is 0 Å². The van der Waals surface area contributed by atoms with E-state index < -0.39 is 47.7 Å². The van der Waals surface area contributed by atoms with E-state index >= 15 is 0 Å². The zero-order chi connectivity index (χ0) is 22.6. The number of imide groups is 1. The molecule has 6 nitrogen and oxygen atoms in total. The highest BCUT2D eigenvalue weighted by Gasteiger charge is 2.61. The SMILES string of the molecule is O=C(CN(C(=O)c1ccc(Cl)cc1)N1C(=O)[C@@H]2[C@H](C1=O)[C@H]1C=C[C@H]2C1)c1ccc(F)cc1. The molecule has 3 aliphatic rings. The minimum Gasteiger partial charge on any atom is -0.292 e. The maximum Gasteiger partial charge on any atom is 0.273 e. The second-order valence-corrected chi connectivity index (χ2v) is 8.72. The molecule has 2 bridgehead atoms. The van der Waals surface area contributed by atoms with Crippen LogP contribution in [0.25, 0.3) is 0 Å². The van der Waals surface area contributed by atoms with Crippen molar-refractivity contribution >= 4 is 35.1 Å². The first kappa shape index (κ1) is 20.6. The summed E-state index contributed by atoms with van der Waals surface area (Å²) < 4.78 is 13.3. The Morgan fingerprint density at radius 1 is 0.906 bits per heavy atom. The number of hydrazine groups is 1. The van der Waals surface area contributed by atoms with Crippen molar-refractivity contribution in [1.82, 2.24) is 10.0 Å². The number of hydrogen-bond acceptors (Lipinski definition) is 4. The minimum atomic E-state index is -0.667. The number of rotatable bonds is 5. The number of ketones is 1. The van der Waals surface area contributed by atoms with Crippen LogP contribution in [-0.2, 0) is 9.59 Å². The topological polar surface area (TPSA) is 74.8 Å². The molecule has 5 rings (SSSR count). The van der Waals surface area contributed by atoms with E-state index in [0.29, 0.717) is 5.02 Å². The Hall–Kier alpha value is -3.32. The molecule has 1 saturated heterocycles. The second kappa shape index (κ2) is 7.67. The fourth-order valence-electron chi connectivity index (χ4n) is 4.96. The summed E-state index contributed by atoms with van der Waals surface area (Å²) >= 11 is 5.91. The monoisotopic (exact) mass is 452 g/mol. The molecule has 0 N–H and O–H groups in total. The average molecular weight is 453 g/mol. The molecule has 0 spiro atoms. The summed E-state index contributed by atoms with van der Waals surface area (Å²) in [6.07, 6.45) is 4.66. The molecule has 162 valence electrons. The molecule has 1 aliphatic heterocycles. The normalized spacial score (nSPS) is 25.4. The molecule has 4 atom stereocenters. The van der Waals surface area contributed by atoms with E-state index in [9.17, 15) is 23.6 Å². The van der Waals surface area contributed by atoms with Crippen molar-refractivity contribution in [1.29, 1.82) is 0 Å². The third-order valence-corrected chi connectivity index (χ3v) is 6.73. The van der Waals surface area contributed by atoms with Gasteiger partial charge >= 0.3 is 0 Å². The van der Waals surface area contributed by atoms with Gasteiger partial charge in [-0.15, -0.1) is 0 Å². The molecular weight excluding hydrogens is 435 g/mol. The van der Waals surface area contributed by atoms with Gasteiger partial charge in [-0.05, 0) is 66.8 Å². The van der Waals surface area contributed by atoms with Crippen LogP contribution >= 0.6 is 11.6 Å². The summed E-state index contributed by atoms with van der Waals surface area (Å²) in [5.41, 5.74) is 0.349. The van der Waals surface area contributed by atoms with E-state index in [2.05, 4.69) is 0 Å². The van der Waals surface area contributed by atoms with Crippen LogP contribution in [0, 0.1) is 29.5 Å². The van der Waals surface area contributed by atoms with Crippen LogP contribution in [0.2, 0.25) is 5.02 Å². The van der Waals surface area contributed by atoms with Crippen LogP contribution in [0.15, 0.2) is 60.7 Å². The van der Waals surface area contributed by atoms with Gasteiger partial charge in [-0.1, -0.05) is 23.8 Å². The molecule has 1 saturated carbocycles. The predicted octanol–water partition coefficient (Wildman–Crippen LogP) is 3.53. The summed E-state index contributed by atoms with van der Waals surface area (Å²) in [7, 11) is 0. The highest BCUT2D eigenvalue weighted by Crippen LogP contribution is 2.52. The van der Waals surface area contributed by atoms with Crippen molar-refractivity contribution in [3.05, 3.63) is 82.6 Å². The van der Waals surface area contributed by atoms with Crippen LogP contribution in [-0.4, -0.2) is 40.1 Å². The van der Waals surface area contributed by atoms with Crippen molar-refractivity contribution in [2.45, 2.75) is 6.42 Å². The van der Waals surface area contributed by atoms with Crippen LogP contribution in [0.1, 0.15) is 27.1 Å². The van der Waals surface area contributed by atoms with Gasteiger partial charge in [-0.3, -0.25) is 19.2 Å². The smallest absolute Gasteiger partial charge is 0.273 e. The molecule has 2 fully saturated rings. The third kappa shape index (κ3) is 3.24. The van der Waals surface area contributed by atoms with Crippen molar-refractivity contribution < 1.29 is 23.6 Å². The quantitative estimate of drug-likeness (QED) is 0.395. The first-order valence-corrected chi connectivity index (χ1v) is 10.6. The van der Waals surface area contributed by atoms with Gasteiger partial charge in [0.05, 0.1) is 11.8 Å². The fraction of sp³-hybridized carbons (Fsp3) is 0.250. The van der Waals surface area contributed by atoms with E-state index in [1.165, 1.54) is 36.4 Å². The van der Waals surface area contributed by atoms with Crippen molar-refractivity contribution in [3.63, 3.8) is 0 Å². The Labute approximate surface area is 188 Å². The van der Waals surface area contributed by atoms with Crippen LogP contribution in [0.5, 0.6) is 0 Å². The lowest BCUT2D eigenvalue weighted by Crippen LogP contribution is -2.52. The van der Waals surface area contributed by atoms with E-state index in [1.807, 2.05) is 12.2 Å². The maximum atomic E-state index is 13.4. The Morgan fingerprint density at radius 3 is 2.00 bits per heavy atom. The van der Waals surface area contributed by atoms with Gasteiger partial charge in [0.1, 0.15) is 12.4 Å². The fourth-order valence-corrected chi connectivity index (χ4v) is 5.09. The van der Waals surface area contributed by atoms with Crippen LogP contribution in [0.3, 0.4) is 0 Å². The molecule has 8 heteroatoms. The molecule has 0 aromatic heterocycles. The first-order valence-electron chi connectivity index (χ1n) is 10.3. The molecular formula is C24H18ClFN2O4. The van der Waals surface area contributed by atoms with E-state index in [1.54, 1.807) is 0 Å². The number of nitrogens with zero attached hydrogens (tertiary/aromatic N) is 2. The highest BCUT2D eigenvalue weighted by molar-refractivity contribution is 6.30. The van der Waals surface area contributed by atoms with Gasteiger partial charge in [0.25, 0.3) is 17.7 Å². The van der Waals surface area contributed by atoms with E-state index in [-0.39, 0.29) is 23.0 Å². The molecule has 2 aromatic rings. The summed E-state index contributed by atoms with van der Waals surface area (Å²) in [5.74, 6) is -3.73. The molecule has 0 radical (unpaired) electrons. The molecule has 3 amide bonds. The standard InChI is InChI=1S/C24H18ClFN2O4/c25-17-7-3-14(4-8-17)22(30)27(12-19(29)13-5-9-18(26)10-6-13)28-23(31)20-15-1-2-16(11-15)21(20)24(28)32/h1-10,15-16,20-21H,11-12H2/t15-,16-,20-,21+/m0/s1. The minimum absolute atomic E-state index is 0.0354. The lowest BCUT2D eigenvalue weighted by Gasteiger charge is -2.30. The van der Waals surface area contributed by atoms with Gasteiger partial charge in [0, 0.05) is 16.1 Å². The molecule has 2 aromatic carbocycles. The first-order chi connectivity index (χ1) is 15.3. The van der Waals surface area contributed by atoms with Crippen molar-refractivity contribution in [2.24, 2.45) is 23.7 Å². The van der Waals surface area contributed by atoms with Gasteiger partial charge < -0.3 is 0 Å². The Bertz CT molecular complexity index is 1130. The molecule has 32 heavy (non-hydrogen) atoms. The number of carbonyl (C=O) groups is 4. The largest absolute Gasteiger partial charge is 0.292 e. The van der Waals surface area contributed by atoms with Gasteiger partial charge in [0.2, 0.25) is 0 Å². The Kier molecular flexibility index (Phi) is 4.93. The van der Waals surface area contributed by atoms with Gasteiger partial charge in [-0.25, -0.2) is 9.40 Å². The summed E-state index contributed by atoms with van der Waals surface area (Å²) in [5, 5.41) is 2.18. The lowest BCUT2D eigenvalue weighted by atomic mass is 9.85. The molecule has 2 aliphatic carbocycles. The van der Waals surface area contributed by atoms with Gasteiger partial charge in [-0.2, -0.15) is 5.01 Å². The third-order valence-electron chi connectivity index (χ3n) is 6.47. The number of carbonyl (C=O) groups excluding carboxylic acids is 4. The number of benzene rings is 2. The zero-order valence-electron chi connectivity index (χ0n) is 16.8. The molecule has 1 heterocycles. The Morgan fingerprint density at radius 2 is 1.44 bits per heavy atom. The molecule has 0 unspecified atom stereocenters. The summed E-state index contributed by atoms with van der Waals surface area (Å²) in [6.45, 7) is -0.535. The number of Topliss-reactive ketones (excluding diaryl/α,β-unsaturated/α-hetero) is 1. The van der Waals surface area contributed by atoms with Crippen LogP contribution < -0.4 is 0 Å². The van der Waals surface area contributed by atoms with E-state index in [4.69, 9.17) is 11.6 Å². The summed E-state index contributed by atoms with van der Waals surface area (Å²) in [4.78, 5) is 52.8. The average Bonchev–Trinajstić information content (AvgIpc) is 3.47. The second-order valence-electron chi connectivity index (χ2n) is 8.29. The van der Waals surface area contributed by atoms with Crippen molar-refractivity contribution in [2.75, 3.05) is 6.54 Å². The number of halogens is 2. The predicted molar refractivity (Wildman–Crippen MR) is 113 cm³/mol. The Balaban J connectivity index is 1.49. The summed E-state index contributed by atoms with van der Waals surface area (Å²) in [6, 6.07) is 10.8. The van der Waals surface area contributed by atoms with Gasteiger partial charge in [0.15, 0.2) is 5.78 Å². The maximum absolute atomic E-state index is 13.4. The number of fused-ring (bicyclic) bond motifs is 5. The number of hydrogen-bond donors (Lipinski definition) is 0. The van der Waals surface area contributed by atoms with Crippen LogP contribution in [0.4, 0.5) is 4.39 Å².